The Morgan fingerprint density at radius 1 is 1.25 bits per heavy atom. The molecular formula is C11H16O. The lowest BCUT2D eigenvalue weighted by Crippen LogP contribution is -2.18. The molecule has 2 aliphatic rings. The normalized spacial score (nSPS) is 21.8. The largest absolute Gasteiger partial charge is 0.488 e. The Bertz CT molecular complexity index is 263. The molecule has 0 spiro atoms. The van der Waals surface area contributed by atoms with Gasteiger partial charge in [-0.2, -0.15) is 0 Å². The van der Waals surface area contributed by atoms with E-state index in [1.165, 1.54) is 24.8 Å². The second-order valence-electron chi connectivity index (χ2n) is 4.66. The maximum absolute atomic E-state index is 5.84. The van der Waals surface area contributed by atoms with Gasteiger partial charge >= 0.3 is 0 Å². The molecule has 0 radical (unpaired) electrons. The number of fused-ring (bicyclic) bond motifs is 2. The zero-order chi connectivity index (χ0) is 8.77. The summed E-state index contributed by atoms with van der Waals surface area (Å²) in [6.07, 6.45) is 5.92. The summed E-state index contributed by atoms with van der Waals surface area (Å²) in [4.78, 5) is 0. The van der Waals surface area contributed by atoms with Crippen molar-refractivity contribution in [2.75, 3.05) is 0 Å². The molecule has 12 heavy (non-hydrogen) atoms. The van der Waals surface area contributed by atoms with Crippen LogP contribution in [0.15, 0.2) is 23.0 Å². The molecule has 0 atom stereocenters. The molecule has 1 saturated carbocycles. The van der Waals surface area contributed by atoms with E-state index in [1.54, 1.807) is 5.57 Å². The van der Waals surface area contributed by atoms with Gasteiger partial charge in [-0.1, -0.05) is 5.57 Å². The van der Waals surface area contributed by atoms with Gasteiger partial charge in [-0.05, 0) is 51.7 Å². The minimum absolute atomic E-state index is 0.0378. The van der Waals surface area contributed by atoms with E-state index in [2.05, 4.69) is 26.8 Å². The van der Waals surface area contributed by atoms with E-state index in [0.717, 1.165) is 5.76 Å². The molecule has 2 rings (SSSR count). The van der Waals surface area contributed by atoms with Crippen molar-refractivity contribution in [2.45, 2.75) is 45.6 Å². The van der Waals surface area contributed by atoms with E-state index in [1.807, 2.05) is 0 Å². The van der Waals surface area contributed by atoms with Crippen molar-refractivity contribution in [3.63, 3.8) is 0 Å². The Labute approximate surface area is 74.1 Å². The fourth-order valence-electron chi connectivity index (χ4n) is 1.81. The highest BCUT2D eigenvalue weighted by Crippen LogP contribution is 2.40. The van der Waals surface area contributed by atoms with Crippen LogP contribution in [0.3, 0.4) is 0 Å². The predicted octanol–water partition coefficient (Wildman–Crippen LogP) is 3.18. The van der Waals surface area contributed by atoms with E-state index < -0.39 is 0 Å². The summed E-state index contributed by atoms with van der Waals surface area (Å²) in [6.45, 7) is 6.31. The SMILES string of the molecule is CC(C)(C)OC1=C2CCC(=C1)C2. The highest BCUT2D eigenvalue weighted by Gasteiger charge is 2.26. The Kier molecular flexibility index (Phi) is 1.57. The van der Waals surface area contributed by atoms with Gasteiger partial charge in [0.05, 0.1) is 0 Å². The van der Waals surface area contributed by atoms with Gasteiger partial charge in [0.1, 0.15) is 11.4 Å². The maximum atomic E-state index is 5.84. The second kappa shape index (κ2) is 2.38. The molecule has 66 valence electrons. The lowest BCUT2D eigenvalue weighted by atomic mass is 10.1. The van der Waals surface area contributed by atoms with Crippen molar-refractivity contribution < 1.29 is 4.74 Å². The number of hydrogen-bond acceptors (Lipinski definition) is 1. The fraction of sp³-hybridized carbons (Fsp3) is 0.636. The molecule has 2 aliphatic carbocycles. The summed E-state index contributed by atoms with van der Waals surface area (Å²) in [5.41, 5.74) is 3.04. The van der Waals surface area contributed by atoms with Crippen LogP contribution < -0.4 is 0 Å². The topological polar surface area (TPSA) is 9.23 Å². The Balaban J connectivity index is 2.12. The minimum atomic E-state index is -0.0378. The summed E-state index contributed by atoms with van der Waals surface area (Å²) in [5, 5.41) is 0. The second-order valence-corrected chi connectivity index (χ2v) is 4.66. The number of allylic oxidation sites excluding steroid dienone is 3. The van der Waals surface area contributed by atoms with Crippen molar-refractivity contribution in [1.29, 1.82) is 0 Å². The maximum Gasteiger partial charge on any atom is 0.119 e. The molecule has 1 fully saturated rings. The monoisotopic (exact) mass is 164 g/mol. The van der Waals surface area contributed by atoms with Gasteiger partial charge in [0.25, 0.3) is 0 Å². The zero-order valence-electron chi connectivity index (χ0n) is 8.11. The van der Waals surface area contributed by atoms with Crippen LogP contribution in [0.4, 0.5) is 0 Å². The molecule has 0 aromatic carbocycles. The van der Waals surface area contributed by atoms with Crippen LogP contribution in [0.25, 0.3) is 0 Å². The van der Waals surface area contributed by atoms with Crippen LogP contribution in [0.5, 0.6) is 0 Å². The first-order valence-corrected chi connectivity index (χ1v) is 4.65. The van der Waals surface area contributed by atoms with Gasteiger partial charge < -0.3 is 4.74 Å². The summed E-state index contributed by atoms with van der Waals surface area (Å²) < 4.78 is 5.84. The molecule has 0 saturated heterocycles. The van der Waals surface area contributed by atoms with Crippen molar-refractivity contribution >= 4 is 0 Å². The van der Waals surface area contributed by atoms with Gasteiger partial charge in [-0.15, -0.1) is 0 Å². The molecular weight excluding hydrogens is 148 g/mol. The van der Waals surface area contributed by atoms with Crippen LogP contribution in [0.1, 0.15) is 40.0 Å². The third-order valence-electron chi connectivity index (χ3n) is 2.29. The molecule has 0 aliphatic heterocycles. The predicted molar refractivity (Wildman–Crippen MR) is 49.8 cm³/mol. The van der Waals surface area contributed by atoms with E-state index >= 15 is 0 Å². The number of hydrogen-bond donors (Lipinski definition) is 0. The number of ether oxygens (including phenoxy) is 1. The molecule has 0 aromatic rings. The molecule has 1 heteroatoms. The van der Waals surface area contributed by atoms with Crippen molar-refractivity contribution in [3.8, 4) is 0 Å². The van der Waals surface area contributed by atoms with Gasteiger partial charge in [-0.3, -0.25) is 0 Å². The molecule has 0 aromatic heterocycles. The first-order valence-electron chi connectivity index (χ1n) is 4.65. The van der Waals surface area contributed by atoms with Crippen LogP contribution in [0.2, 0.25) is 0 Å². The van der Waals surface area contributed by atoms with Crippen molar-refractivity contribution in [1.82, 2.24) is 0 Å². The standard InChI is InChI=1S/C11H16O/c1-11(2,3)12-10-7-8-4-5-9(10)6-8/h7H,4-6H2,1-3H3. The Morgan fingerprint density at radius 2 is 2.00 bits per heavy atom. The first-order chi connectivity index (χ1) is 5.54. The third-order valence-corrected chi connectivity index (χ3v) is 2.29. The third kappa shape index (κ3) is 1.40. The van der Waals surface area contributed by atoms with Gasteiger partial charge in [0.2, 0.25) is 0 Å². The molecule has 1 nitrogen and oxygen atoms in total. The molecule has 0 amide bonds. The minimum Gasteiger partial charge on any atom is -0.488 e. The smallest absolute Gasteiger partial charge is 0.119 e. The van der Waals surface area contributed by atoms with E-state index in [-0.39, 0.29) is 5.60 Å². The Morgan fingerprint density at radius 3 is 2.42 bits per heavy atom. The first kappa shape index (κ1) is 7.90. The molecule has 2 bridgehead atoms. The number of rotatable bonds is 1. The van der Waals surface area contributed by atoms with Crippen LogP contribution >= 0.6 is 0 Å². The average molecular weight is 164 g/mol. The van der Waals surface area contributed by atoms with Gasteiger partial charge in [0.15, 0.2) is 0 Å². The van der Waals surface area contributed by atoms with Crippen LogP contribution in [-0.2, 0) is 4.74 Å². The highest BCUT2D eigenvalue weighted by atomic mass is 16.5. The van der Waals surface area contributed by atoms with Crippen LogP contribution in [0, 0.1) is 0 Å². The summed E-state index contributed by atoms with van der Waals surface area (Å²) in [6, 6.07) is 0. The molecule has 0 heterocycles. The summed E-state index contributed by atoms with van der Waals surface area (Å²) >= 11 is 0. The lowest BCUT2D eigenvalue weighted by molar-refractivity contribution is 0.0581. The van der Waals surface area contributed by atoms with Crippen LogP contribution in [-0.4, -0.2) is 5.60 Å². The Hall–Kier alpha value is -0.720. The van der Waals surface area contributed by atoms with E-state index in [9.17, 15) is 0 Å². The molecule has 0 unspecified atom stereocenters. The summed E-state index contributed by atoms with van der Waals surface area (Å²) in [5.74, 6) is 1.16. The van der Waals surface area contributed by atoms with Crippen molar-refractivity contribution in [2.24, 2.45) is 0 Å². The van der Waals surface area contributed by atoms with Gasteiger partial charge in [-0.25, -0.2) is 0 Å². The van der Waals surface area contributed by atoms with E-state index in [0.29, 0.717) is 0 Å². The quantitative estimate of drug-likeness (QED) is 0.578. The average Bonchev–Trinajstić information content (AvgIpc) is 2.42. The lowest BCUT2D eigenvalue weighted by Gasteiger charge is -2.23. The zero-order valence-corrected chi connectivity index (χ0v) is 8.11. The molecule has 0 N–H and O–H groups in total. The van der Waals surface area contributed by atoms with Gasteiger partial charge in [0, 0.05) is 0 Å². The fourth-order valence-corrected chi connectivity index (χ4v) is 1.81. The van der Waals surface area contributed by atoms with E-state index in [4.69, 9.17) is 4.74 Å². The van der Waals surface area contributed by atoms with Crippen molar-refractivity contribution in [3.05, 3.63) is 23.0 Å². The summed E-state index contributed by atoms with van der Waals surface area (Å²) in [7, 11) is 0. The highest BCUT2D eigenvalue weighted by molar-refractivity contribution is 5.41.